The molecule has 0 radical (unpaired) electrons. The maximum absolute atomic E-state index is 11.9. The van der Waals surface area contributed by atoms with Crippen molar-refractivity contribution in [3.8, 4) is 5.75 Å². The first-order valence-corrected chi connectivity index (χ1v) is 7.93. The van der Waals surface area contributed by atoms with Crippen LogP contribution in [0.1, 0.15) is 24.2 Å². The van der Waals surface area contributed by atoms with Crippen LogP contribution in [0.15, 0.2) is 59.6 Å². The fraction of sp³-hybridized carbons (Fsp3) is 0.263. The van der Waals surface area contributed by atoms with Gasteiger partial charge < -0.3 is 14.4 Å². The van der Waals surface area contributed by atoms with Crippen LogP contribution in [0.4, 0.5) is 5.69 Å². The van der Waals surface area contributed by atoms with E-state index in [-0.39, 0.29) is 0 Å². The molecule has 0 saturated heterocycles. The Bertz CT molecular complexity index is 695. The largest absolute Gasteiger partial charge is 0.465 e. The molecule has 2 aromatic rings. The van der Waals surface area contributed by atoms with Crippen molar-refractivity contribution in [2.24, 2.45) is 4.99 Å². The minimum absolute atomic E-state index is 0.368. The molecule has 0 aliphatic heterocycles. The van der Waals surface area contributed by atoms with Crippen LogP contribution in [0.2, 0.25) is 0 Å². The average Bonchev–Trinajstić information content (AvgIpc) is 2.63. The highest BCUT2D eigenvalue weighted by molar-refractivity contribution is 5.93. The molecule has 2 aromatic carbocycles. The van der Waals surface area contributed by atoms with Crippen molar-refractivity contribution in [1.29, 1.82) is 0 Å². The normalized spacial score (nSPS) is 11.0. The molecule has 0 heterocycles. The van der Waals surface area contributed by atoms with E-state index in [0.717, 1.165) is 18.8 Å². The summed E-state index contributed by atoms with van der Waals surface area (Å²) < 4.78 is 10.8. The van der Waals surface area contributed by atoms with Gasteiger partial charge in [0.2, 0.25) is 0 Å². The molecule has 24 heavy (non-hydrogen) atoms. The number of ether oxygens (including phenoxy) is 2. The SMILES string of the molecule is CCN(CC)C(=Nc1ccccc1)Oc1ccccc1C(=O)OC. The van der Waals surface area contributed by atoms with Crippen LogP contribution in [0.3, 0.4) is 0 Å². The summed E-state index contributed by atoms with van der Waals surface area (Å²) in [7, 11) is 1.35. The summed E-state index contributed by atoms with van der Waals surface area (Å²) in [5.41, 5.74) is 1.16. The van der Waals surface area contributed by atoms with Crippen molar-refractivity contribution in [2.75, 3.05) is 20.2 Å². The van der Waals surface area contributed by atoms with E-state index in [1.54, 1.807) is 18.2 Å². The number of rotatable bonds is 5. The van der Waals surface area contributed by atoms with Crippen LogP contribution in [0.5, 0.6) is 5.75 Å². The van der Waals surface area contributed by atoms with E-state index in [0.29, 0.717) is 17.3 Å². The molecule has 5 nitrogen and oxygen atoms in total. The Labute approximate surface area is 142 Å². The van der Waals surface area contributed by atoms with Crippen LogP contribution in [0, 0.1) is 0 Å². The number of methoxy groups -OCH3 is 1. The minimum atomic E-state index is -0.441. The first kappa shape index (κ1) is 17.5. The standard InChI is InChI=1S/C19H22N2O3/c1-4-21(5-2)19(20-15-11-7-6-8-12-15)24-17-14-10-9-13-16(17)18(22)23-3/h6-14H,4-5H2,1-3H3. The lowest BCUT2D eigenvalue weighted by molar-refractivity contribution is 0.0598. The highest BCUT2D eigenvalue weighted by Gasteiger charge is 2.17. The van der Waals surface area contributed by atoms with Gasteiger partial charge in [-0.15, -0.1) is 0 Å². The van der Waals surface area contributed by atoms with Gasteiger partial charge in [0.05, 0.1) is 12.8 Å². The van der Waals surface area contributed by atoms with Crippen LogP contribution < -0.4 is 4.74 Å². The molecule has 0 aliphatic carbocycles. The van der Waals surface area contributed by atoms with E-state index in [1.165, 1.54) is 7.11 Å². The second-order valence-electron chi connectivity index (χ2n) is 4.99. The molecule has 0 bridgehead atoms. The highest BCUT2D eigenvalue weighted by Crippen LogP contribution is 2.21. The van der Waals surface area contributed by atoms with Crippen LogP contribution in [0.25, 0.3) is 0 Å². The maximum atomic E-state index is 11.9. The number of nitrogens with zero attached hydrogens (tertiary/aromatic N) is 2. The molecule has 0 saturated carbocycles. The lowest BCUT2D eigenvalue weighted by atomic mass is 10.2. The van der Waals surface area contributed by atoms with E-state index < -0.39 is 5.97 Å². The second-order valence-corrected chi connectivity index (χ2v) is 4.99. The monoisotopic (exact) mass is 326 g/mol. The van der Waals surface area contributed by atoms with E-state index in [1.807, 2.05) is 55.1 Å². The molecule has 0 aliphatic rings. The average molecular weight is 326 g/mol. The summed E-state index contributed by atoms with van der Waals surface area (Å²) in [6, 6.07) is 17.0. The second kappa shape index (κ2) is 8.72. The van der Waals surface area contributed by atoms with Gasteiger partial charge in [-0.3, -0.25) is 0 Å². The van der Waals surface area contributed by atoms with Crippen LogP contribution >= 0.6 is 0 Å². The third-order valence-electron chi connectivity index (χ3n) is 3.51. The van der Waals surface area contributed by atoms with Crippen molar-refractivity contribution in [3.05, 3.63) is 60.2 Å². The van der Waals surface area contributed by atoms with Gasteiger partial charge in [0.25, 0.3) is 6.02 Å². The quantitative estimate of drug-likeness (QED) is 0.475. The van der Waals surface area contributed by atoms with Crippen molar-refractivity contribution in [1.82, 2.24) is 4.90 Å². The molecule has 126 valence electrons. The zero-order chi connectivity index (χ0) is 17.4. The number of hydrogen-bond acceptors (Lipinski definition) is 4. The van der Waals surface area contributed by atoms with E-state index >= 15 is 0 Å². The first-order chi connectivity index (χ1) is 11.7. The smallest absolute Gasteiger partial charge is 0.341 e. The summed E-state index contributed by atoms with van der Waals surface area (Å²) in [5, 5.41) is 0. The molecular weight excluding hydrogens is 304 g/mol. The maximum Gasteiger partial charge on any atom is 0.341 e. The fourth-order valence-electron chi connectivity index (χ4n) is 2.20. The summed E-state index contributed by atoms with van der Waals surface area (Å²) in [6.07, 6.45) is 0. The summed E-state index contributed by atoms with van der Waals surface area (Å²) in [4.78, 5) is 18.5. The highest BCUT2D eigenvalue weighted by atomic mass is 16.5. The molecule has 5 heteroatoms. The van der Waals surface area contributed by atoms with Gasteiger partial charge in [0, 0.05) is 13.1 Å². The number of aliphatic imine (C=N–C) groups is 1. The van der Waals surface area contributed by atoms with Gasteiger partial charge in [-0.2, -0.15) is 4.99 Å². The zero-order valence-corrected chi connectivity index (χ0v) is 14.2. The van der Waals surface area contributed by atoms with E-state index in [2.05, 4.69) is 4.99 Å². The van der Waals surface area contributed by atoms with Crippen LogP contribution in [-0.2, 0) is 4.74 Å². The Morgan fingerprint density at radius 2 is 1.62 bits per heavy atom. The molecule has 2 rings (SSSR count). The van der Waals surface area contributed by atoms with Crippen molar-refractivity contribution in [3.63, 3.8) is 0 Å². The van der Waals surface area contributed by atoms with Gasteiger partial charge in [-0.1, -0.05) is 30.3 Å². The first-order valence-electron chi connectivity index (χ1n) is 7.93. The molecule has 0 aromatic heterocycles. The summed E-state index contributed by atoms with van der Waals surface area (Å²) >= 11 is 0. The fourth-order valence-corrected chi connectivity index (χ4v) is 2.20. The number of esters is 1. The number of carbonyl (C=O) groups is 1. The third-order valence-corrected chi connectivity index (χ3v) is 3.51. The Balaban J connectivity index is 2.40. The summed E-state index contributed by atoms with van der Waals surface area (Å²) in [6.45, 7) is 5.53. The number of hydrogen-bond donors (Lipinski definition) is 0. The van der Waals surface area contributed by atoms with Gasteiger partial charge in [0.15, 0.2) is 0 Å². The summed E-state index contributed by atoms with van der Waals surface area (Å²) in [5.74, 6) is -0.0184. The Kier molecular flexibility index (Phi) is 6.37. The Morgan fingerprint density at radius 1 is 1.00 bits per heavy atom. The minimum Gasteiger partial charge on any atom is -0.465 e. The molecular formula is C19H22N2O3. The van der Waals surface area contributed by atoms with Gasteiger partial charge in [-0.05, 0) is 38.1 Å². The van der Waals surface area contributed by atoms with E-state index in [4.69, 9.17) is 9.47 Å². The van der Waals surface area contributed by atoms with Crippen molar-refractivity contribution < 1.29 is 14.3 Å². The molecule has 0 unspecified atom stereocenters. The lowest BCUT2D eigenvalue weighted by Crippen LogP contribution is -2.35. The number of carbonyl (C=O) groups excluding carboxylic acids is 1. The van der Waals surface area contributed by atoms with Gasteiger partial charge >= 0.3 is 5.97 Å². The lowest BCUT2D eigenvalue weighted by Gasteiger charge is -2.23. The van der Waals surface area contributed by atoms with Crippen molar-refractivity contribution >= 4 is 17.7 Å². The molecule has 0 fully saturated rings. The topological polar surface area (TPSA) is 51.1 Å². The molecule has 0 spiro atoms. The van der Waals surface area contributed by atoms with Crippen LogP contribution in [-0.4, -0.2) is 37.1 Å². The number of amidine groups is 1. The van der Waals surface area contributed by atoms with E-state index in [9.17, 15) is 4.79 Å². The Morgan fingerprint density at radius 3 is 2.25 bits per heavy atom. The number of para-hydroxylation sites is 2. The molecule has 0 N–H and O–H groups in total. The van der Waals surface area contributed by atoms with Gasteiger partial charge in [-0.25, -0.2) is 4.79 Å². The predicted molar refractivity (Wildman–Crippen MR) is 94.9 cm³/mol. The predicted octanol–water partition coefficient (Wildman–Crippen LogP) is 3.88. The molecule has 0 atom stereocenters. The van der Waals surface area contributed by atoms with Gasteiger partial charge in [0.1, 0.15) is 11.3 Å². The Hall–Kier alpha value is -2.82. The van der Waals surface area contributed by atoms with Crippen molar-refractivity contribution in [2.45, 2.75) is 13.8 Å². The molecule has 0 amide bonds. The zero-order valence-electron chi connectivity index (χ0n) is 14.2. The third kappa shape index (κ3) is 4.35. The number of benzene rings is 2.